The lowest BCUT2D eigenvalue weighted by atomic mass is 10.1. The van der Waals surface area contributed by atoms with Crippen molar-refractivity contribution in [1.29, 1.82) is 0 Å². The molecule has 0 aliphatic heterocycles. The summed E-state index contributed by atoms with van der Waals surface area (Å²) >= 11 is 0. The molecule has 0 aromatic rings. The number of aliphatic hydroxyl groups is 3. The third-order valence-corrected chi connectivity index (χ3v) is 2.57. The maximum Gasteiger partial charge on any atom is 0.0777 e. The van der Waals surface area contributed by atoms with Crippen molar-refractivity contribution in [3.05, 3.63) is 12.3 Å². The van der Waals surface area contributed by atoms with E-state index in [0.29, 0.717) is 6.42 Å². The van der Waals surface area contributed by atoms with E-state index in [4.69, 9.17) is 5.11 Å². The van der Waals surface area contributed by atoms with E-state index in [-0.39, 0.29) is 6.10 Å². The molecule has 3 nitrogen and oxygen atoms in total. The maximum atomic E-state index is 9.30. The topological polar surface area (TPSA) is 60.7 Å². The lowest BCUT2D eigenvalue weighted by Crippen LogP contribution is -2.04. The maximum absolute atomic E-state index is 9.30. The SMILES string of the molecule is CCC(O)CCCCCCC(O)/C=C/O. The van der Waals surface area contributed by atoms with Crippen molar-refractivity contribution < 1.29 is 15.3 Å². The first-order valence-corrected chi connectivity index (χ1v) is 5.87. The van der Waals surface area contributed by atoms with E-state index in [1.54, 1.807) is 0 Å². The highest BCUT2D eigenvalue weighted by atomic mass is 16.3. The first kappa shape index (κ1) is 14.5. The highest BCUT2D eigenvalue weighted by molar-refractivity contribution is 4.81. The Morgan fingerprint density at radius 2 is 1.60 bits per heavy atom. The second-order valence-corrected chi connectivity index (χ2v) is 3.96. The van der Waals surface area contributed by atoms with Crippen LogP contribution in [0.5, 0.6) is 0 Å². The van der Waals surface area contributed by atoms with E-state index in [2.05, 4.69) is 0 Å². The van der Waals surface area contributed by atoms with Gasteiger partial charge in [-0.25, -0.2) is 0 Å². The minimum Gasteiger partial charge on any atom is -0.516 e. The molecule has 0 saturated heterocycles. The normalized spacial score (nSPS) is 15.7. The molecule has 3 N–H and O–H groups in total. The number of hydrogen-bond donors (Lipinski definition) is 3. The van der Waals surface area contributed by atoms with Gasteiger partial charge in [0.05, 0.1) is 18.5 Å². The fraction of sp³-hybridized carbons (Fsp3) is 0.833. The lowest BCUT2D eigenvalue weighted by Gasteiger charge is -2.07. The first-order chi connectivity index (χ1) is 7.20. The van der Waals surface area contributed by atoms with Crippen molar-refractivity contribution in [2.45, 2.75) is 64.1 Å². The summed E-state index contributed by atoms with van der Waals surface area (Å²) < 4.78 is 0. The first-order valence-electron chi connectivity index (χ1n) is 5.87. The molecule has 15 heavy (non-hydrogen) atoms. The number of hydrogen-bond acceptors (Lipinski definition) is 3. The fourth-order valence-electron chi connectivity index (χ4n) is 1.49. The van der Waals surface area contributed by atoms with Gasteiger partial charge < -0.3 is 15.3 Å². The minimum absolute atomic E-state index is 0.145. The van der Waals surface area contributed by atoms with Crippen LogP contribution in [0.4, 0.5) is 0 Å². The van der Waals surface area contributed by atoms with Crippen LogP contribution >= 0.6 is 0 Å². The standard InChI is InChI=1S/C12H24O3/c1-2-11(14)7-5-3-4-6-8-12(15)9-10-13/h9-15H,2-8H2,1H3/b10-9+. The molecule has 0 aromatic carbocycles. The summed E-state index contributed by atoms with van der Waals surface area (Å²) in [5.41, 5.74) is 0. The zero-order valence-electron chi connectivity index (χ0n) is 9.60. The summed E-state index contributed by atoms with van der Waals surface area (Å²) in [5, 5.41) is 26.9. The van der Waals surface area contributed by atoms with Gasteiger partial charge in [0.1, 0.15) is 0 Å². The molecule has 2 unspecified atom stereocenters. The summed E-state index contributed by atoms with van der Waals surface area (Å²) in [4.78, 5) is 0. The Morgan fingerprint density at radius 1 is 1.00 bits per heavy atom. The molecule has 0 fully saturated rings. The van der Waals surface area contributed by atoms with Gasteiger partial charge in [0.2, 0.25) is 0 Å². The molecular formula is C12H24O3. The molecule has 3 heteroatoms. The van der Waals surface area contributed by atoms with Crippen LogP contribution in [0.15, 0.2) is 12.3 Å². The van der Waals surface area contributed by atoms with Crippen molar-refractivity contribution in [3.8, 4) is 0 Å². The van der Waals surface area contributed by atoms with Crippen LogP contribution in [0, 0.1) is 0 Å². The summed E-state index contributed by atoms with van der Waals surface area (Å²) in [7, 11) is 0. The highest BCUT2D eigenvalue weighted by Crippen LogP contribution is 2.10. The van der Waals surface area contributed by atoms with Crippen LogP contribution in [-0.2, 0) is 0 Å². The Bertz CT molecular complexity index is 157. The van der Waals surface area contributed by atoms with Crippen LogP contribution < -0.4 is 0 Å². The van der Waals surface area contributed by atoms with Crippen LogP contribution in [0.25, 0.3) is 0 Å². The zero-order valence-corrected chi connectivity index (χ0v) is 9.60. The quantitative estimate of drug-likeness (QED) is 0.410. The van der Waals surface area contributed by atoms with Crippen molar-refractivity contribution in [1.82, 2.24) is 0 Å². The fourth-order valence-corrected chi connectivity index (χ4v) is 1.49. The molecule has 2 atom stereocenters. The lowest BCUT2D eigenvalue weighted by molar-refractivity contribution is 0.156. The Kier molecular flexibility index (Phi) is 9.63. The second-order valence-electron chi connectivity index (χ2n) is 3.96. The molecule has 0 heterocycles. The molecule has 0 rings (SSSR count). The molecule has 0 aromatic heterocycles. The minimum atomic E-state index is -0.517. The average Bonchev–Trinajstić information content (AvgIpc) is 2.23. The second kappa shape index (κ2) is 9.99. The van der Waals surface area contributed by atoms with Crippen LogP contribution in [0.3, 0.4) is 0 Å². The number of aliphatic hydroxyl groups excluding tert-OH is 3. The summed E-state index contributed by atoms with van der Waals surface area (Å²) in [6.07, 6.45) is 8.24. The smallest absolute Gasteiger partial charge is 0.0777 e. The van der Waals surface area contributed by atoms with Gasteiger partial charge in [0, 0.05) is 0 Å². The molecule has 0 aliphatic rings. The molecule has 0 radical (unpaired) electrons. The van der Waals surface area contributed by atoms with Crippen molar-refractivity contribution in [2.75, 3.05) is 0 Å². The molecule has 0 saturated carbocycles. The van der Waals surface area contributed by atoms with E-state index < -0.39 is 6.10 Å². The van der Waals surface area contributed by atoms with E-state index in [0.717, 1.165) is 44.8 Å². The van der Waals surface area contributed by atoms with Crippen molar-refractivity contribution in [3.63, 3.8) is 0 Å². The van der Waals surface area contributed by atoms with E-state index >= 15 is 0 Å². The van der Waals surface area contributed by atoms with Crippen LogP contribution in [0.2, 0.25) is 0 Å². The van der Waals surface area contributed by atoms with Crippen LogP contribution in [-0.4, -0.2) is 27.5 Å². The van der Waals surface area contributed by atoms with Crippen molar-refractivity contribution >= 4 is 0 Å². The summed E-state index contributed by atoms with van der Waals surface area (Å²) in [6.45, 7) is 1.99. The Morgan fingerprint density at radius 3 is 2.13 bits per heavy atom. The molecule has 0 spiro atoms. The predicted molar refractivity (Wildman–Crippen MR) is 61.8 cm³/mol. The summed E-state index contributed by atoms with van der Waals surface area (Å²) in [6, 6.07) is 0. The van der Waals surface area contributed by atoms with Crippen LogP contribution in [0.1, 0.15) is 51.9 Å². The molecular weight excluding hydrogens is 192 g/mol. The third-order valence-electron chi connectivity index (χ3n) is 2.57. The monoisotopic (exact) mass is 216 g/mol. The van der Waals surface area contributed by atoms with Gasteiger partial charge in [-0.2, -0.15) is 0 Å². The van der Waals surface area contributed by atoms with Gasteiger partial charge in [0.25, 0.3) is 0 Å². The predicted octanol–water partition coefficient (Wildman–Crippen LogP) is 2.53. The van der Waals surface area contributed by atoms with Gasteiger partial charge in [-0.3, -0.25) is 0 Å². The number of unbranched alkanes of at least 4 members (excludes halogenated alkanes) is 3. The summed E-state index contributed by atoms with van der Waals surface area (Å²) in [5.74, 6) is 0. The van der Waals surface area contributed by atoms with E-state index in [9.17, 15) is 10.2 Å². The van der Waals surface area contributed by atoms with Gasteiger partial charge >= 0.3 is 0 Å². The largest absolute Gasteiger partial charge is 0.516 e. The van der Waals surface area contributed by atoms with Gasteiger partial charge in [0.15, 0.2) is 0 Å². The third kappa shape index (κ3) is 9.76. The van der Waals surface area contributed by atoms with Gasteiger partial charge in [-0.15, -0.1) is 0 Å². The molecule has 0 aliphatic carbocycles. The average molecular weight is 216 g/mol. The Balaban J connectivity index is 3.18. The van der Waals surface area contributed by atoms with E-state index in [1.165, 1.54) is 6.08 Å². The van der Waals surface area contributed by atoms with Crippen molar-refractivity contribution in [2.24, 2.45) is 0 Å². The molecule has 0 bridgehead atoms. The zero-order chi connectivity index (χ0) is 11.5. The van der Waals surface area contributed by atoms with Gasteiger partial charge in [-0.1, -0.05) is 32.6 Å². The highest BCUT2D eigenvalue weighted by Gasteiger charge is 2.01. The Hall–Kier alpha value is -0.540. The Labute approximate surface area is 92.4 Å². The number of rotatable bonds is 9. The van der Waals surface area contributed by atoms with E-state index in [1.807, 2.05) is 6.92 Å². The molecule has 0 amide bonds. The molecule has 90 valence electrons. The van der Waals surface area contributed by atoms with Gasteiger partial charge in [-0.05, 0) is 25.3 Å².